The Balaban J connectivity index is 4.10. The van der Waals surface area contributed by atoms with Gasteiger partial charge < -0.3 is 25.4 Å². The fourth-order valence-corrected chi connectivity index (χ4v) is 2.10. The number of nitrogens with zero attached hydrogens (tertiary/aromatic N) is 1. The number of rotatable bonds is 15. The summed E-state index contributed by atoms with van der Waals surface area (Å²) < 4.78 is 10.3. The van der Waals surface area contributed by atoms with Gasteiger partial charge >= 0.3 is 12.2 Å². The van der Waals surface area contributed by atoms with Gasteiger partial charge in [0.2, 0.25) is 5.91 Å². The normalized spacial score (nSPS) is 10.4. The minimum atomic E-state index is -0.434. The minimum Gasteiger partial charge on any atom is -0.448 e. The lowest BCUT2D eigenvalue weighted by Crippen LogP contribution is -2.39. The summed E-state index contributed by atoms with van der Waals surface area (Å²) in [6.45, 7) is 9.22. The Hall–Kier alpha value is -2.03. The summed E-state index contributed by atoms with van der Waals surface area (Å²) in [6.07, 6.45) is 2.96. The molecule has 0 aliphatic heterocycles. The summed E-state index contributed by atoms with van der Waals surface area (Å²) >= 11 is 0. The van der Waals surface area contributed by atoms with E-state index in [1.165, 1.54) is 6.92 Å². The van der Waals surface area contributed by atoms with Gasteiger partial charge in [-0.2, -0.15) is 0 Å². The van der Waals surface area contributed by atoms with E-state index in [0.29, 0.717) is 39.3 Å². The Bertz CT molecular complexity index is 393. The van der Waals surface area contributed by atoms with Crippen molar-refractivity contribution < 1.29 is 23.9 Å². The molecule has 27 heavy (non-hydrogen) atoms. The number of carbonyl (C=O) groups excluding carboxylic acids is 3. The zero-order valence-electron chi connectivity index (χ0n) is 17.0. The molecule has 3 amide bonds. The molecule has 0 unspecified atom stereocenters. The minimum absolute atomic E-state index is 0.104. The van der Waals surface area contributed by atoms with Crippen LogP contribution in [0.3, 0.4) is 0 Å². The Labute approximate surface area is 162 Å². The predicted octanol–water partition coefficient (Wildman–Crippen LogP) is 1.48. The van der Waals surface area contributed by atoms with E-state index in [4.69, 9.17) is 9.47 Å². The van der Waals surface area contributed by atoms with Crippen LogP contribution in [0.15, 0.2) is 0 Å². The van der Waals surface area contributed by atoms with Crippen LogP contribution in [0.4, 0.5) is 9.59 Å². The molecule has 0 aromatic carbocycles. The van der Waals surface area contributed by atoms with Crippen LogP contribution >= 0.6 is 0 Å². The summed E-state index contributed by atoms with van der Waals surface area (Å²) in [6, 6.07) is 0. The molecule has 9 nitrogen and oxygen atoms in total. The standard InChI is InChI=1S/C18H36N4O5/c1-4-6-8-20-17(24)26-14-12-22(11-10-19-16(3)23)13-15-27-18(25)21-9-7-5-2/h4-15H2,1-3H3,(H,19,23)(H,20,24)(H,21,25). The van der Waals surface area contributed by atoms with Crippen LogP contribution in [0.25, 0.3) is 0 Å². The Kier molecular flexibility index (Phi) is 16.1. The fourth-order valence-electron chi connectivity index (χ4n) is 2.10. The molecular weight excluding hydrogens is 352 g/mol. The molecule has 0 radical (unpaired) electrons. The molecule has 0 saturated carbocycles. The molecule has 0 spiro atoms. The van der Waals surface area contributed by atoms with Crippen molar-refractivity contribution in [2.45, 2.75) is 46.5 Å². The van der Waals surface area contributed by atoms with Crippen LogP contribution < -0.4 is 16.0 Å². The van der Waals surface area contributed by atoms with Crippen molar-refractivity contribution >= 4 is 18.1 Å². The molecule has 0 atom stereocenters. The Morgan fingerprint density at radius 2 is 1.22 bits per heavy atom. The van der Waals surface area contributed by atoms with Crippen molar-refractivity contribution in [3.05, 3.63) is 0 Å². The zero-order valence-corrected chi connectivity index (χ0v) is 17.0. The van der Waals surface area contributed by atoms with E-state index in [9.17, 15) is 14.4 Å². The SMILES string of the molecule is CCCCNC(=O)OCCN(CCNC(C)=O)CCOC(=O)NCCCC. The van der Waals surface area contributed by atoms with E-state index in [-0.39, 0.29) is 19.1 Å². The molecule has 0 aromatic rings. The predicted molar refractivity (Wildman–Crippen MR) is 104 cm³/mol. The van der Waals surface area contributed by atoms with Crippen molar-refractivity contribution in [3.8, 4) is 0 Å². The first-order valence-electron chi connectivity index (χ1n) is 9.77. The van der Waals surface area contributed by atoms with Gasteiger partial charge in [-0.3, -0.25) is 9.69 Å². The molecule has 0 saturated heterocycles. The van der Waals surface area contributed by atoms with Gasteiger partial charge in [0.25, 0.3) is 0 Å². The van der Waals surface area contributed by atoms with Crippen molar-refractivity contribution in [1.29, 1.82) is 0 Å². The molecule has 0 heterocycles. The number of ether oxygens (including phenoxy) is 2. The molecule has 0 fully saturated rings. The Morgan fingerprint density at radius 3 is 1.63 bits per heavy atom. The lowest BCUT2D eigenvalue weighted by atomic mass is 10.3. The number of hydrogen-bond donors (Lipinski definition) is 3. The quantitative estimate of drug-likeness (QED) is 0.367. The van der Waals surface area contributed by atoms with E-state index in [2.05, 4.69) is 16.0 Å². The maximum absolute atomic E-state index is 11.5. The first-order valence-corrected chi connectivity index (χ1v) is 9.77. The second-order valence-corrected chi connectivity index (χ2v) is 6.16. The fraction of sp³-hybridized carbons (Fsp3) is 0.833. The van der Waals surface area contributed by atoms with E-state index < -0.39 is 12.2 Å². The van der Waals surface area contributed by atoms with Gasteiger partial charge in [-0.25, -0.2) is 9.59 Å². The molecule has 0 aliphatic rings. The molecule has 0 bridgehead atoms. The smallest absolute Gasteiger partial charge is 0.407 e. The summed E-state index contributed by atoms with van der Waals surface area (Å²) in [7, 11) is 0. The number of alkyl carbamates (subject to hydrolysis) is 2. The molecular formula is C18H36N4O5. The van der Waals surface area contributed by atoms with E-state index in [1.54, 1.807) is 0 Å². The molecule has 9 heteroatoms. The van der Waals surface area contributed by atoms with Crippen LogP contribution in [-0.4, -0.2) is 75.5 Å². The van der Waals surface area contributed by atoms with E-state index in [1.807, 2.05) is 18.7 Å². The van der Waals surface area contributed by atoms with Crippen molar-refractivity contribution in [2.75, 3.05) is 52.5 Å². The Morgan fingerprint density at radius 1 is 0.741 bits per heavy atom. The first kappa shape index (κ1) is 25.0. The number of carbonyl (C=O) groups is 3. The zero-order chi connectivity index (χ0) is 20.3. The largest absolute Gasteiger partial charge is 0.448 e. The second kappa shape index (κ2) is 17.4. The highest BCUT2D eigenvalue weighted by molar-refractivity contribution is 5.72. The number of nitrogens with one attached hydrogen (secondary N) is 3. The van der Waals surface area contributed by atoms with Gasteiger partial charge in [0, 0.05) is 46.2 Å². The second-order valence-electron chi connectivity index (χ2n) is 6.16. The van der Waals surface area contributed by atoms with E-state index in [0.717, 1.165) is 25.7 Å². The maximum atomic E-state index is 11.5. The number of amides is 3. The third-order valence-corrected chi connectivity index (χ3v) is 3.68. The highest BCUT2D eigenvalue weighted by Gasteiger charge is 2.09. The highest BCUT2D eigenvalue weighted by atomic mass is 16.6. The van der Waals surface area contributed by atoms with Crippen LogP contribution in [0.5, 0.6) is 0 Å². The summed E-state index contributed by atoms with van der Waals surface area (Å²) in [5.41, 5.74) is 0. The van der Waals surface area contributed by atoms with Crippen LogP contribution in [-0.2, 0) is 14.3 Å². The van der Waals surface area contributed by atoms with Crippen molar-refractivity contribution in [1.82, 2.24) is 20.9 Å². The average Bonchev–Trinajstić information content (AvgIpc) is 2.61. The van der Waals surface area contributed by atoms with Crippen LogP contribution in [0, 0.1) is 0 Å². The maximum Gasteiger partial charge on any atom is 0.407 e. The van der Waals surface area contributed by atoms with Gasteiger partial charge in [0.15, 0.2) is 0 Å². The lowest BCUT2D eigenvalue weighted by Gasteiger charge is -2.22. The highest BCUT2D eigenvalue weighted by Crippen LogP contribution is 1.92. The molecule has 0 aliphatic carbocycles. The van der Waals surface area contributed by atoms with Crippen molar-refractivity contribution in [2.24, 2.45) is 0 Å². The topological polar surface area (TPSA) is 109 Å². The van der Waals surface area contributed by atoms with Gasteiger partial charge in [0.05, 0.1) is 0 Å². The molecule has 0 rings (SSSR count). The third kappa shape index (κ3) is 17.2. The summed E-state index contributed by atoms with van der Waals surface area (Å²) in [5, 5.41) is 8.09. The molecule has 0 aromatic heterocycles. The van der Waals surface area contributed by atoms with Gasteiger partial charge in [0.1, 0.15) is 13.2 Å². The monoisotopic (exact) mass is 388 g/mol. The van der Waals surface area contributed by atoms with Gasteiger partial charge in [-0.05, 0) is 12.8 Å². The first-order chi connectivity index (χ1) is 13.0. The van der Waals surface area contributed by atoms with Crippen molar-refractivity contribution in [3.63, 3.8) is 0 Å². The van der Waals surface area contributed by atoms with Gasteiger partial charge in [-0.15, -0.1) is 0 Å². The van der Waals surface area contributed by atoms with Crippen LogP contribution in [0.2, 0.25) is 0 Å². The lowest BCUT2D eigenvalue weighted by molar-refractivity contribution is -0.119. The molecule has 158 valence electrons. The van der Waals surface area contributed by atoms with Crippen LogP contribution in [0.1, 0.15) is 46.5 Å². The summed E-state index contributed by atoms with van der Waals surface area (Å²) in [5.74, 6) is -0.104. The molecule has 3 N–H and O–H groups in total. The third-order valence-electron chi connectivity index (χ3n) is 3.68. The number of unbranched alkanes of at least 4 members (excludes halogenated alkanes) is 2. The van der Waals surface area contributed by atoms with Gasteiger partial charge in [-0.1, -0.05) is 26.7 Å². The number of hydrogen-bond acceptors (Lipinski definition) is 6. The van der Waals surface area contributed by atoms with E-state index >= 15 is 0 Å². The summed E-state index contributed by atoms with van der Waals surface area (Å²) in [4.78, 5) is 36.1. The average molecular weight is 389 g/mol.